The summed E-state index contributed by atoms with van der Waals surface area (Å²) in [6, 6.07) is 8.11. The minimum Gasteiger partial charge on any atom is -0.346 e. The summed E-state index contributed by atoms with van der Waals surface area (Å²) in [7, 11) is 4.05. The molecule has 0 saturated heterocycles. The van der Waals surface area contributed by atoms with Gasteiger partial charge in [-0.3, -0.25) is 4.79 Å². The van der Waals surface area contributed by atoms with Crippen molar-refractivity contribution in [2.45, 2.75) is 20.0 Å². The van der Waals surface area contributed by atoms with Gasteiger partial charge in [-0.05, 0) is 37.3 Å². The topological polar surface area (TPSA) is 71.3 Å². The first kappa shape index (κ1) is 14.2. The Kier molecular flexibility index (Phi) is 4.47. The third-order valence-electron chi connectivity index (χ3n) is 2.81. The zero-order chi connectivity index (χ0) is 14.5. The molecule has 0 unspecified atom stereocenters. The lowest BCUT2D eigenvalue weighted by atomic mass is 10.1. The highest BCUT2D eigenvalue weighted by Gasteiger charge is 2.14. The van der Waals surface area contributed by atoms with Crippen LogP contribution in [0.5, 0.6) is 0 Å². The maximum Gasteiger partial charge on any atom is 0.275 e. The number of nitrogens with one attached hydrogen (secondary N) is 1. The fourth-order valence-electron chi connectivity index (χ4n) is 1.91. The van der Waals surface area contributed by atoms with Crippen LogP contribution >= 0.6 is 0 Å². The summed E-state index contributed by atoms with van der Waals surface area (Å²) in [5.41, 5.74) is 2.98. The van der Waals surface area contributed by atoms with E-state index in [2.05, 4.69) is 37.3 Å². The van der Waals surface area contributed by atoms with E-state index >= 15 is 0 Å². The Hall–Kier alpha value is -2.21. The van der Waals surface area contributed by atoms with E-state index in [0.29, 0.717) is 12.2 Å². The molecule has 0 bridgehead atoms. The highest BCUT2D eigenvalue weighted by molar-refractivity contribution is 5.92. The van der Waals surface area contributed by atoms with Crippen molar-refractivity contribution < 1.29 is 9.42 Å². The van der Waals surface area contributed by atoms with Crippen LogP contribution in [0.1, 0.15) is 27.3 Å². The van der Waals surface area contributed by atoms with Crippen molar-refractivity contribution in [3.63, 3.8) is 0 Å². The molecule has 1 N–H and O–H groups in total. The molecule has 0 fully saturated rings. The summed E-state index contributed by atoms with van der Waals surface area (Å²) in [6.07, 6.45) is 0. The monoisotopic (exact) mass is 274 g/mol. The van der Waals surface area contributed by atoms with E-state index in [1.165, 1.54) is 5.56 Å². The molecule has 0 saturated carbocycles. The van der Waals surface area contributed by atoms with E-state index in [0.717, 1.165) is 12.1 Å². The average molecular weight is 274 g/mol. The first-order valence-electron chi connectivity index (χ1n) is 6.36. The number of hydrogen-bond acceptors (Lipinski definition) is 5. The lowest BCUT2D eigenvalue weighted by Crippen LogP contribution is -2.24. The van der Waals surface area contributed by atoms with Gasteiger partial charge in [0.15, 0.2) is 5.69 Å². The molecule has 20 heavy (non-hydrogen) atoms. The van der Waals surface area contributed by atoms with Crippen LogP contribution in [0.3, 0.4) is 0 Å². The van der Waals surface area contributed by atoms with Crippen LogP contribution in [-0.4, -0.2) is 35.2 Å². The second kappa shape index (κ2) is 6.29. The van der Waals surface area contributed by atoms with Gasteiger partial charge >= 0.3 is 0 Å². The molecule has 0 aliphatic heterocycles. The molecule has 2 aromatic rings. The zero-order valence-corrected chi connectivity index (χ0v) is 11.9. The van der Waals surface area contributed by atoms with Crippen LogP contribution in [0.4, 0.5) is 0 Å². The van der Waals surface area contributed by atoms with Crippen molar-refractivity contribution in [3.8, 4) is 0 Å². The molecule has 0 atom stereocenters. The van der Waals surface area contributed by atoms with Gasteiger partial charge in [0.2, 0.25) is 0 Å². The Morgan fingerprint density at radius 3 is 2.70 bits per heavy atom. The van der Waals surface area contributed by atoms with Crippen molar-refractivity contribution in [2.75, 3.05) is 14.1 Å². The average Bonchev–Trinajstić information content (AvgIpc) is 2.82. The number of benzene rings is 1. The highest BCUT2D eigenvalue weighted by atomic mass is 16.6. The van der Waals surface area contributed by atoms with E-state index in [1.807, 2.05) is 26.2 Å². The van der Waals surface area contributed by atoms with Crippen molar-refractivity contribution in [3.05, 3.63) is 46.8 Å². The lowest BCUT2D eigenvalue weighted by Gasteiger charge is -2.11. The van der Waals surface area contributed by atoms with Crippen molar-refractivity contribution in [1.29, 1.82) is 0 Å². The minimum atomic E-state index is -0.276. The number of amides is 1. The molecule has 6 nitrogen and oxygen atoms in total. The maximum atomic E-state index is 11.9. The Morgan fingerprint density at radius 1 is 1.30 bits per heavy atom. The molecule has 106 valence electrons. The van der Waals surface area contributed by atoms with Gasteiger partial charge in [-0.1, -0.05) is 29.4 Å². The Morgan fingerprint density at radius 2 is 2.05 bits per heavy atom. The van der Waals surface area contributed by atoms with Gasteiger partial charge in [0.1, 0.15) is 5.69 Å². The van der Waals surface area contributed by atoms with Crippen LogP contribution in [0.15, 0.2) is 28.9 Å². The number of hydrogen-bond donors (Lipinski definition) is 1. The lowest BCUT2D eigenvalue weighted by molar-refractivity contribution is 0.0940. The number of aryl methyl sites for hydroxylation is 1. The number of aromatic nitrogens is 2. The molecule has 2 rings (SSSR count). The first-order chi connectivity index (χ1) is 9.56. The second-order valence-corrected chi connectivity index (χ2v) is 4.94. The van der Waals surface area contributed by atoms with Gasteiger partial charge < -0.3 is 10.2 Å². The Bertz CT molecular complexity index is 592. The number of nitrogens with zero attached hydrogens (tertiary/aromatic N) is 3. The van der Waals surface area contributed by atoms with E-state index in [9.17, 15) is 4.79 Å². The summed E-state index contributed by atoms with van der Waals surface area (Å²) in [4.78, 5) is 14.0. The molecule has 1 aromatic heterocycles. The number of carbonyl (C=O) groups is 1. The molecule has 6 heteroatoms. The first-order valence-corrected chi connectivity index (χ1v) is 6.36. The van der Waals surface area contributed by atoms with Crippen LogP contribution in [0.25, 0.3) is 0 Å². The van der Waals surface area contributed by atoms with Crippen molar-refractivity contribution in [2.24, 2.45) is 0 Å². The van der Waals surface area contributed by atoms with E-state index in [-0.39, 0.29) is 11.6 Å². The molecule has 0 radical (unpaired) electrons. The summed E-state index contributed by atoms with van der Waals surface area (Å²) >= 11 is 0. The molecular weight excluding hydrogens is 256 g/mol. The zero-order valence-electron chi connectivity index (χ0n) is 11.9. The van der Waals surface area contributed by atoms with Gasteiger partial charge in [-0.25, -0.2) is 4.63 Å². The van der Waals surface area contributed by atoms with Gasteiger partial charge in [-0.15, -0.1) is 0 Å². The summed E-state index contributed by atoms with van der Waals surface area (Å²) in [5, 5.41) is 9.97. The molecular formula is C14H18N4O2. The number of carbonyl (C=O) groups excluding carboxylic acids is 1. The largest absolute Gasteiger partial charge is 0.346 e. The Balaban J connectivity index is 1.97. The van der Waals surface area contributed by atoms with Crippen LogP contribution < -0.4 is 5.32 Å². The van der Waals surface area contributed by atoms with Gasteiger partial charge in [0.25, 0.3) is 5.91 Å². The smallest absolute Gasteiger partial charge is 0.275 e. The Labute approximate surface area is 117 Å². The summed E-state index contributed by atoms with van der Waals surface area (Å²) < 4.78 is 4.51. The van der Waals surface area contributed by atoms with Gasteiger partial charge in [-0.2, -0.15) is 0 Å². The third kappa shape index (κ3) is 3.64. The van der Waals surface area contributed by atoms with E-state index < -0.39 is 0 Å². The molecule has 1 amide bonds. The molecule has 0 aliphatic carbocycles. The number of rotatable bonds is 5. The normalized spacial score (nSPS) is 10.8. The molecule has 0 aliphatic rings. The predicted molar refractivity (Wildman–Crippen MR) is 74.0 cm³/mol. The van der Waals surface area contributed by atoms with Crippen molar-refractivity contribution in [1.82, 2.24) is 20.5 Å². The van der Waals surface area contributed by atoms with E-state index in [1.54, 1.807) is 6.92 Å². The fourth-order valence-corrected chi connectivity index (χ4v) is 1.91. The minimum absolute atomic E-state index is 0.231. The summed E-state index contributed by atoms with van der Waals surface area (Å²) in [5.74, 6) is -0.276. The maximum absolute atomic E-state index is 11.9. The fraction of sp³-hybridized carbons (Fsp3) is 0.357. The van der Waals surface area contributed by atoms with Crippen LogP contribution in [0.2, 0.25) is 0 Å². The van der Waals surface area contributed by atoms with Gasteiger partial charge in [0.05, 0.1) is 0 Å². The van der Waals surface area contributed by atoms with Crippen molar-refractivity contribution >= 4 is 5.91 Å². The quantitative estimate of drug-likeness (QED) is 0.891. The standard InChI is InChI=1S/C14H18N4O2/c1-10-13(17-20-16-10)14(19)15-8-11-5-4-6-12(7-11)9-18(2)3/h4-7H,8-9H2,1-3H3,(H,15,19). The van der Waals surface area contributed by atoms with Crippen LogP contribution in [-0.2, 0) is 13.1 Å². The van der Waals surface area contributed by atoms with Gasteiger partial charge in [0, 0.05) is 13.1 Å². The third-order valence-corrected chi connectivity index (χ3v) is 2.81. The van der Waals surface area contributed by atoms with E-state index in [4.69, 9.17) is 0 Å². The van der Waals surface area contributed by atoms with Crippen LogP contribution in [0, 0.1) is 6.92 Å². The summed E-state index contributed by atoms with van der Waals surface area (Å²) in [6.45, 7) is 3.00. The molecule has 0 spiro atoms. The predicted octanol–water partition coefficient (Wildman–Crippen LogP) is 1.37. The second-order valence-electron chi connectivity index (χ2n) is 4.94. The highest BCUT2D eigenvalue weighted by Crippen LogP contribution is 2.07. The molecule has 1 heterocycles. The molecule has 1 aromatic carbocycles. The SMILES string of the molecule is Cc1nonc1C(=O)NCc1cccc(CN(C)C)c1.